The van der Waals surface area contributed by atoms with Crippen LogP contribution >= 0.6 is 0 Å². The van der Waals surface area contributed by atoms with E-state index in [-0.39, 0.29) is 67.9 Å². The van der Waals surface area contributed by atoms with Crippen molar-refractivity contribution < 1.29 is 55.9 Å². The first-order valence-corrected chi connectivity index (χ1v) is 47.1. The van der Waals surface area contributed by atoms with Crippen LogP contribution in [-0.4, -0.2) is 106 Å². The van der Waals surface area contributed by atoms with Crippen molar-refractivity contribution in [3.63, 3.8) is 0 Å². The summed E-state index contributed by atoms with van der Waals surface area (Å²) in [5.41, 5.74) is 6.13. The molecule has 0 saturated carbocycles. The number of nitrogens with zero attached hydrogens (tertiary/aromatic N) is 6. The van der Waals surface area contributed by atoms with Crippen LogP contribution in [0.1, 0.15) is 460 Å². The summed E-state index contributed by atoms with van der Waals surface area (Å²) in [4.78, 5) is 72.9. The molecule has 0 saturated heterocycles. The van der Waals surface area contributed by atoms with Crippen molar-refractivity contribution in [1.29, 1.82) is 0 Å². The molecule has 6 amide bonds. The number of rotatable bonds is 52. The third kappa shape index (κ3) is 39.2. The maximum atomic E-state index is 12.3. The first-order chi connectivity index (χ1) is 57.7. The second-order valence-electron chi connectivity index (χ2n) is 35.0. The fourth-order valence-electron chi connectivity index (χ4n) is 14.7. The van der Waals surface area contributed by atoms with Crippen LogP contribution in [0, 0.1) is 53.3 Å². The predicted octanol–water partition coefficient (Wildman–Crippen LogP) is 23.9. The van der Waals surface area contributed by atoms with Gasteiger partial charge in [0.1, 0.15) is 34.6 Å². The highest BCUT2D eigenvalue weighted by Crippen LogP contribution is 2.36. The summed E-state index contributed by atoms with van der Waals surface area (Å²) in [6.07, 6.45) is 36.8. The lowest BCUT2D eigenvalue weighted by Gasteiger charge is -2.32. The number of aromatic nitrogens is 6. The average Bonchev–Trinajstić information content (AvgIpc) is 1.71. The number of amides is 6. The molecule has 24 heteroatoms. The Morgan fingerprint density at radius 2 is 0.496 bits per heavy atom. The lowest BCUT2D eigenvalue weighted by atomic mass is 9.78. The molecule has 4 atom stereocenters. The minimum atomic E-state index is -0.139. The van der Waals surface area contributed by atoms with Crippen molar-refractivity contribution >= 4 is 35.4 Å². The van der Waals surface area contributed by atoms with E-state index >= 15 is 0 Å². The molecule has 0 aromatic carbocycles. The van der Waals surface area contributed by atoms with Crippen LogP contribution in [0.4, 0.5) is 0 Å². The molecule has 0 fully saturated rings. The zero-order chi connectivity index (χ0) is 91.3. The minimum absolute atomic E-state index is 0.112. The maximum absolute atomic E-state index is 12.3. The summed E-state index contributed by atoms with van der Waals surface area (Å²) in [6, 6.07) is 5.16. The Morgan fingerprint density at radius 1 is 0.264 bits per heavy atom. The molecule has 6 aromatic rings. The standard InChI is InChI=1S/2C17H30N2O2.3C16H28N2O2.C15H26N2O2/c1-6-9-11-17(5,10-7-2)12-18-16(20)15-13(4)14(8-3)21-19-15;1-6-10-11-17(8-3,9-4)12-18-16(20)15-13(5)14(7-2)21-19-15;1-6-9-10-16(5,8-3)11-17-15(19)14-12(4)13(7-2)20-18-14;1-5-8-10-16(4,9-6-2)12-17-15(19)14-11-13(7-3)20-18-14;1-5-9-10-16(7-3,8-4)12-17-15(19)14-11-13(6-2)20-18-14;1-5-8-9-15(4,7-3)11-16-14(18)13-10-12(6-2)19-17-13/h2*6-12H2,1-5H3,(H,18,20);6-11H2,1-5H3,(H,17,19);2*11H,5-10,12H2,1-4H3,(H,17,19);10H,5-9,11H2,1-4H3,(H,16,18). The van der Waals surface area contributed by atoms with Gasteiger partial charge in [0.05, 0.1) is 0 Å². The molecule has 24 nitrogen and oxygen atoms in total. The van der Waals surface area contributed by atoms with Crippen molar-refractivity contribution in [2.24, 2.45) is 32.5 Å². The van der Waals surface area contributed by atoms with Crippen molar-refractivity contribution in [2.75, 3.05) is 39.3 Å². The molecule has 6 N–H and O–H groups in total. The van der Waals surface area contributed by atoms with Crippen molar-refractivity contribution in [3.05, 3.63) is 104 Å². The smallest absolute Gasteiger partial charge is 0.273 e. The number of unbranched alkanes of at least 4 members (excludes halogenated alkanes) is 6. The first-order valence-electron chi connectivity index (χ1n) is 47.1. The molecule has 690 valence electrons. The molecule has 4 unspecified atom stereocenters. The molecule has 0 spiro atoms. The van der Waals surface area contributed by atoms with E-state index in [1.54, 1.807) is 18.2 Å². The highest BCUT2D eigenvalue weighted by molar-refractivity contribution is 5.95. The largest absolute Gasteiger partial charge is 0.361 e. The summed E-state index contributed by atoms with van der Waals surface area (Å²) < 4.78 is 30.8. The van der Waals surface area contributed by atoms with Crippen molar-refractivity contribution in [2.45, 2.75) is 405 Å². The van der Waals surface area contributed by atoms with Gasteiger partial charge in [-0.1, -0.05) is 287 Å². The van der Waals surface area contributed by atoms with Crippen molar-refractivity contribution in [3.8, 4) is 0 Å². The summed E-state index contributed by atoms with van der Waals surface area (Å²) >= 11 is 0. The summed E-state index contributed by atoms with van der Waals surface area (Å²) in [7, 11) is 0. The third-order valence-corrected chi connectivity index (χ3v) is 25.1. The predicted molar refractivity (Wildman–Crippen MR) is 490 cm³/mol. The van der Waals surface area contributed by atoms with Gasteiger partial charge in [0.2, 0.25) is 0 Å². The topological polar surface area (TPSA) is 331 Å². The van der Waals surface area contributed by atoms with Gasteiger partial charge in [-0.15, -0.1) is 0 Å². The summed E-state index contributed by atoms with van der Waals surface area (Å²) in [5.74, 6) is 3.87. The highest BCUT2D eigenvalue weighted by atomic mass is 16.5. The van der Waals surface area contributed by atoms with Gasteiger partial charge in [-0.05, 0) is 143 Å². The summed E-state index contributed by atoms with van der Waals surface area (Å²) in [6.45, 7) is 61.6. The molecule has 0 bridgehead atoms. The van der Waals surface area contributed by atoms with E-state index < -0.39 is 0 Å². The third-order valence-electron chi connectivity index (χ3n) is 25.1. The van der Waals surface area contributed by atoms with Gasteiger partial charge in [0.25, 0.3) is 35.4 Å². The van der Waals surface area contributed by atoms with Gasteiger partial charge in [-0.2, -0.15) is 0 Å². The molecule has 121 heavy (non-hydrogen) atoms. The van der Waals surface area contributed by atoms with Gasteiger partial charge in [-0.3, -0.25) is 28.8 Å². The number of hydrogen-bond acceptors (Lipinski definition) is 18. The fraction of sp³-hybridized carbons (Fsp3) is 0.753. The van der Waals surface area contributed by atoms with Gasteiger partial charge >= 0.3 is 0 Å². The van der Waals surface area contributed by atoms with Gasteiger partial charge in [0, 0.05) is 113 Å². The Morgan fingerprint density at radius 3 is 0.711 bits per heavy atom. The van der Waals surface area contributed by atoms with Crippen LogP contribution in [0.25, 0.3) is 0 Å². The number of nitrogens with one attached hydrogen (secondary N) is 6. The van der Waals surface area contributed by atoms with Crippen LogP contribution in [0.2, 0.25) is 0 Å². The van der Waals surface area contributed by atoms with E-state index in [1.165, 1.54) is 77.0 Å². The molecule has 6 rings (SSSR count). The van der Waals surface area contributed by atoms with E-state index in [0.29, 0.717) is 73.4 Å². The second kappa shape index (κ2) is 59.8. The number of carbonyl (C=O) groups excluding carboxylic acids is 6. The minimum Gasteiger partial charge on any atom is -0.361 e. The monoisotopic (exact) mass is 1700 g/mol. The quantitative estimate of drug-likeness (QED) is 0.0207. The van der Waals surface area contributed by atoms with Crippen LogP contribution in [0.3, 0.4) is 0 Å². The molecule has 0 aliphatic carbocycles. The Hall–Kier alpha value is -7.92. The van der Waals surface area contributed by atoms with E-state index in [0.717, 1.165) is 193 Å². The van der Waals surface area contributed by atoms with Crippen LogP contribution in [0.5, 0.6) is 0 Å². The van der Waals surface area contributed by atoms with E-state index in [4.69, 9.17) is 27.1 Å². The molecule has 0 aliphatic rings. The summed E-state index contributed by atoms with van der Waals surface area (Å²) in [5, 5.41) is 41.3. The fourth-order valence-corrected chi connectivity index (χ4v) is 14.7. The molecule has 6 aromatic heterocycles. The molecule has 0 aliphatic heterocycles. The zero-order valence-corrected chi connectivity index (χ0v) is 81.1. The maximum Gasteiger partial charge on any atom is 0.273 e. The molecule has 6 heterocycles. The second-order valence-corrected chi connectivity index (χ2v) is 35.0. The number of hydrogen-bond donors (Lipinski definition) is 6. The first kappa shape index (κ1) is 111. The Bertz CT molecular complexity index is 3810. The Balaban J connectivity index is 0.000000726. The van der Waals surface area contributed by atoms with Gasteiger partial charge in [0.15, 0.2) is 34.2 Å². The Kier molecular flexibility index (Phi) is 54.9. The van der Waals surface area contributed by atoms with Gasteiger partial charge in [-0.25, -0.2) is 0 Å². The van der Waals surface area contributed by atoms with Crippen LogP contribution in [-0.2, 0) is 38.5 Å². The lowest BCUT2D eigenvalue weighted by molar-refractivity contribution is 0.0903. The van der Waals surface area contributed by atoms with Gasteiger partial charge < -0.3 is 59.0 Å². The van der Waals surface area contributed by atoms with E-state index in [2.05, 4.69) is 187 Å². The van der Waals surface area contributed by atoms with Crippen LogP contribution in [0.15, 0.2) is 45.3 Å². The highest BCUT2D eigenvalue weighted by Gasteiger charge is 2.32. The van der Waals surface area contributed by atoms with Crippen LogP contribution < -0.4 is 31.9 Å². The van der Waals surface area contributed by atoms with E-state index in [9.17, 15) is 28.8 Å². The van der Waals surface area contributed by atoms with E-state index in [1.807, 2.05) is 62.3 Å². The lowest BCUT2D eigenvalue weighted by Crippen LogP contribution is -2.37. The average molecular weight is 1700 g/mol. The number of aryl methyl sites for hydroxylation is 6. The number of carbonyl (C=O) groups is 6. The molecular formula is C97H170N12O12. The zero-order valence-electron chi connectivity index (χ0n) is 81.1. The van der Waals surface area contributed by atoms with Crippen molar-refractivity contribution in [1.82, 2.24) is 62.8 Å². The Labute approximate surface area is 731 Å². The molecule has 0 radical (unpaired) electrons. The normalized spacial score (nSPS) is 13.2. The SMILES string of the molecule is CCCCC(C)(CC)CNC(=O)c1cc(CC)on1.CCCCC(C)(CC)CNC(=O)c1noc(CC)c1C.CCCCC(C)(CCC)CNC(=O)c1cc(CC)on1.CCCCC(C)(CCC)CNC(=O)c1noc(CC)c1C.CCCCC(CC)(CC)CNC(=O)c1cc(CC)on1.CCCCC(CC)(CC)CNC(=O)c1noc(CC)c1C. The molecular weight excluding hydrogens is 1530 g/mol.